The zero-order chi connectivity index (χ0) is 17.9. The molecule has 0 unspecified atom stereocenters. The quantitative estimate of drug-likeness (QED) is 0.688. The van der Waals surface area contributed by atoms with Gasteiger partial charge < -0.3 is 9.80 Å². The number of hydrogen-bond donors (Lipinski definition) is 0. The molecule has 1 aromatic carbocycles. The largest absolute Gasteiger partial charge is 0.337 e. The van der Waals surface area contributed by atoms with Gasteiger partial charge in [-0.05, 0) is 35.9 Å². The van der Waals surface area contributed by atoms with Gasteiger partial charge in [0.2, 0.25) is 5.95 Å². The van der Waals surface area contributed by atoms with Crippen molar-refractivity contribution in [3.05, 3.63) is 64.8 Å². The Bertz CT molecular complexity index is 889. The Kier molecular flexibility index (Phi) is 4.86. The van der Waals surface area contributed by atoms with Crippen molar-refractivity contribution >= 4 is 34.8 Å². The number of carbonyl (C=O) groups is 1. The average molecular weight is 385 g/mol. The number of hydrogen-bond acceptors (Lipinski definition) is 5. The maximum absolute atomic E-state index is 12.8. The summed E-state index contributed by atoms with van der Waals surface area (Å²) in [5.41, 5.74) is 1.78. The number of aromatic nitrogens is 2. The van der Waals surface area contributed by atoms with Crippen molar-refractivity contribution in [3.8, 4) is 10.4 Å². The van der Waals surface area contributed by atoms with Gasteiger partial charge in [0.05, 0.1) is 4.34 Å². The molecule has 0 bridgehead atoms. The number of anilines is 1. The van der Waals surface area contributed by atoms with E-state index in [2.05, 4.69) is 14.9 Å². The molecule has 3 heterocycles. The number of halogens is 1. The van der Waals surface area contributed by atoms with Crippen LogP contribution in [-0.4, -0.2) is 47.0 Å². The fourth-order valence-corrected chi connectivity index (χ4v) is 4.04. The molecule has 0 saturated carbocycles. The molecule has 5 nitrogen and oxygen atoms in total. The van der Waals surface area contributed by atoms with Crippen molar-refractivity contribution in [2.45, 2.75) is 0 Å². The van der Waals surface area contributed by atoms with Crippen LogP contribution in [0, 0.1) is 0 Å². The third-order valence-electron chi connectivity index (χ3n) is 4.39. The molecule has 1 saturated heterocycles. The van der Waals surface area contributed by atoms with E-state index in [0.29, 0.717) is 18.7 Å². The standard InChI is InChI=1S/C19H17ClN4OS/c20-17-7-6-16(26-17)14-2-4-15(5-3-14)18(25)23-10-12-24(13-11-23)19-21-8-1-9-22-19/h1-9H,10-13H2. The summed E-state index contributed by atoms with van der Waals surface area (Å²) in [7, 11) is 0. The van der Waals surface area contributed by atoms with Gasteiger partial charge in [0.25, 0.3) is 5.91 Å². The highest BCUT2D eigenvalue weighted by molar-refractivity contribution is 7.19. The molecule has 0 radical (unpaired) electrons. The maximum atomic E-state index is 12.8. The summed E-state index contributed by atoms with van der Waals surface area (Å²) in [6.45, 7) is 2.81. The number of thiophene rings is 1. The zero-order valence-corrected chi connectivity index (χ0v) is 15.6. The first-order chi connectivity index (χ1) is 12.7. The molecule has 0 aliphatic carbocycles. The summed E-state index contributed by atoms with van der Waals surface area (Å²) in [5, 5.41) is 0. The first-order valence-electron chi connectivity index (χ1n) is 8.38. The third kappa shape index (κ3) is 3.57. The van der Waals surface area contributed by atoms with Gasteiger partial charge in [0.15, 0.2) is 0 Å². The van der Waals surface area contributed by atoms with E-state index in [1.807, 2.05) is 41.3 Å². The summed E-state index contributed by atoms with van der Waals surface area (Å²) in [6.07, 6.45) is 3.48. The molecule has 0 atom stereocenters. The van der Waals surface area contributed by atoms with E-state index in [9.17, 15) is 4.79 Å². The van der Waals surface area contributed by atoms with Crippen LogP contribution in [0.1, 0.15) is 10.4 Å². The van der Waals surface area contributed by atoms with Crippen LogP contribution in [0.3, 0.4) is 0 Å². The molecule has 4 rings (SSSR count). The Morgan fingerprint density at radius 1 is 0.962 bits per heavy atom. The molecular weight excluding hydrogens is 368 g/mol. The summed E-state index contributed by atoms with van der Waals surface area (Å²) in [4.78, 5) is 26.4. The predicted molar refractivity (Wildman–Crippen MR) is 105 cm³/mol. The van der Waals surface area contributed by atoms with Crippen molar-refractivity contribution in [2.75, 3.05) is 31.1 Å². The van der Waals surface area contributed by atoms with E-state index in [1.165, 1.54) is 11.3 Å². The fraction of sp³-hybridized carbons (Fsp3) is 0.211. The minimum absolute atomic E-state index is 0.0643. The van der Waals surface area contributed by atoms with Crippen LogP contribution in [-0.2, 0) is 0 Å². The molecule has 26 heavy (non-hydrogen) atoms. The minimum atomic E-state index is 0.0643. The van der Waals surface area contributed by atoms with Crippen molar-refractivity contribution in [1.82, 2.24) is 14.9 Å². The average Bonchev–Trinajstić information content (AvgIpc) is 3.15. The van der Waals surface area contributed by atoms with Crippen molar-refractivity contribution < 1.29 is 4.79 Å². The molecule has 132 valence electrons. The summed E-state index contributed by atoms with van der Waals surface area (Å²) in [5.74, 6) is 0.785. The fourth-order valence-electron chi connectivity index (χ4n) is 2.99. The normalized spacial score (nSPS) is 14.5. The van der Waals surface area contributed by atoms with Gasteiger partial charge >= 0.3 is 0 Å². The smallest absolute Gasteiger partial charge is 0.253 e. The molecule has 0 N–H and O–H groups in total. The number of amides is 1. The predicted octanol–water partition coefficient (Wildman–Crippen LogP) is 3.82. The van der Waals surface area contributed by atoms with Crippen molar-refractivity contribution in [2.24, 2.45) is 0 Å². The first-order valence-corrected chi connectivity index (χ1v) is 9.57. The van der Waals surface area contributed by atoms with Crippen LogP contribution >= 0.6 is 22.9 Å². The van der Waals surface area contributed by atoms with E-state index < -0.39 is 0 Å². The van der Waals surface area contributed by atoms with Crippen LogP contribution in [0.25, 0.3) is 10.4 Å². The van der Waals surface area contributed by atoms with Crippen LogP contribution in [0.4, 0.5) is 5.95 Å². The summed E-state index contributed by atoms with van der Waals surface area (Å²) in [6, 6.07) is 13.4. The van der Waals surface area contributed by atoms with E-state index in [4.69, 9.17) is 11.6 Å². The van der Waals surface area contributed by atoms with E-state index in [0.717, 1.165) is 33.8 Å². The Morgan fingerprint density at radius 3 is 2.27 bits per heavy atom. The lowest BCUT2D eigenvalue weighted by atomic mass is 10.1. The summed E-state index contributed by atoms with van der Waals surface area (Å²) < 4.78 is 0.764. The second-order valence-electron chi connectivity index (χ2n) is 6.01. The van der Waals surface area contributed by atoms with Crippen molar-refractivity contribution in [3.63, 3.8) is 0 Å². The molecule has 2 aromatic heterocycles. The number of rotatable bonds is 3. The van der Waals surface area contributed by atoms with Gasteiger partial charge in [-0.25, -0.2) is 9.97 Å². The van der Waals surface area contributed by atoms with Gasteiger partial charge in [-0.15, -0.1) is 11.3 Å². The second kappa shape index (κ2) is 7.43. The van der Waals surface area contributed by atoms with Gasteiger partial charge in [-0.2, -0.15) is 0 Å². The topological polar surface area (TPSA) is 49.3 Å². The monoisotopic (exact) mass is 384 g/mol. The van der Waals surface area contributed by atoms with Gasteiger partial charge in [0, 0.05) is 49.0 Å². The molecule has 1 aliphatic rings. The Labute approximate surface area is 160 Å². The maximum Gasteiger partial charge on any atom is 0.253 e. The van der Waals surface area contributed by atoms with E-state index >= 15 is 0 Å². The highest BCUT2D eigenvalue weighted by atomic mass is 35.5. The SMILES string of the molecule is O=C(c1ccc(-c2ccc(Cl)s2)cc1)N1CCN(c2ncccn2)CC1. The first kappa shape index (κ1) is 17.0. The highest BCUT2D eigenvalue weighted by Gasteiger charge is 2.23. The Morgan fingerprint density at radius 2 is 1.65 bits per heavy atom. The van der Waals surface area contributed by atoms with Crippen LogP contribution < -0.4 is 4.90 Å². The number of benzene rings is 1. The Balaban J connectivity index is 1.40. The molecule has 0 spiro atoms. The van der Waals surface area contributed by atoms with Gasteiger partial charge in [-0.3, -0.25) is 4.79 Å². The van der Waals surface area contributed by atoms with Gasteiger partial charge in [-0.1, -0.05) is 23.7 Å². The number of nitrogens with zero attached hydrogens (tertiary/aromatic N) is 4. The van der Waals surface area contributed by atoms with E-state index in [1.54, 1.807) is 18.5 Å². The lowest BCUT2D eigenvalue weighted by Crippen LogP contribution is -2.49. The van der Waals surface area contributed by atoms with Crippen LogP contribution in [0.5, 0.6) is 0 Å². The molecular formula is C19H17ClN4OS. The van der Waals surface area contributed by atoms with E-state index in [-0.39, 0.29) is 5.91 Å². The molecule has 1 amide bonds. The van der Waals surface area contributed by atoms with Gasteiger partial charge in [0.1, 0.15) is 0 Å². The second-order valence-corrected chi connectivity index (χ2v) is 7.72. The van der Waals surface area contributed by atoms with Crippen LogP contribution in [0.15, 0.2) is 54.9 Å². The lowest BCUT2D eigenvalue weighted by molar-refractivity contribution is 0.0746. The zero-order valence-electron chi connectivity index (χ0n) is 14.0. The molecule has 1 aliphatic heterocycles. The number of carbonyl (C=O) groups excluding carboxylic acids is 1. The molecule has 7 heteroatoms. The Hall–Kier alpha value is -2.44. The highest BCUT2D eigenvalue weighted by Crippen LogP contribution is 2.31. The lowest BCUT2D eigenvalue weighted by Gasteiger charge is -2.34. The van der Waals surface area contributed by atoms with Crippen molar-refractivity contribution in [1.29, 1.82) is 0 Å². The van der Waals surface area contributed by atoms with Crippen LogP contribution in [0.2, 0.25) is 4.34 Å². The minimum Gasteiger partial charge on any atom is -0.337 e. The molecule has 1 fully saturated rings. The summed E-state index contributed by atoms with van der Waals surface area (Å²) >= 11 is 7.53. The molecule has 3 aromatic rings. The number of piperazine rings is 1. The third-order valence-corrected chi connectivity index (χ3v) is 5.67.